The van der Waals surface area contributed by atoms with Gasteiger partial charge in [0.05, 0.1) is 18.1 Å². The van der Waals surface area contributed by atoms with Gasteiger partial charge in [0.1, 0.15) is 0 Å². The van der Waals surface area contributed by atoms with Crippen molar-refractivity contribution in [3.63, 3.8) is 0 Å². The van der Waals surface area contributed by atoms with Gasteiger partial charge in [-0.15, -0.1) is 0 Å². The van der Waals surface area contributed by atoms with Crippen molar-refractivity contribution < 1.29 is 9.26 Å². The average Bonchev–Trinajstić information content (AvgIpc) is 2.86. The van der Waals surface area contributed by atoms with Gasteiger partial charge in [-0.1, -0.05) is 5.16 Å². The van der Waals surface area contributed by atoms with Crippen LogP contribution in [0.5, 0.6) is 0 Å². The molecule has 1 aliphatic rings. The molecule has 1 atom stereocenters. The first kappa shape index (κ1) is 14.4. The number of hydrogen-bond donors (Lipinski definition) is 1. The van der Waals surface area contributed by atoms with E-state index in [0.717, 1.165) is 32.0 Å². The van der Waals surface area contributed by atoms with Crippen LogP contribution in [0.15, 0.2) is 4.52 Å². The Hall–Kier alpha value is -0.980. The molecular weight excluding hydrogens is 244 g/mol. The molecule has 1 aromatic rings. The summed E-state index contributed by atoms with van der Waals surface area (Å²) in [6.07, 6.45) is 0.630. The molecule has 1 unspecified atom stereocenters. The largest absolute Gasteiger partial charge is 0.378 e. The molecule has 1 aromatic heterocycles. The zero-order valence-corrected chi connectivity index (χ0v) is 12.3. The van der Waals surface area contributed by atoms with Gasteiger partial charge in [-0.25, -0.2) is 0 Å². The fourth-order valence-corrected chi connectivity index (χ4v) is 2.18. The van der Waals surface area contributed by atoms with E-state index in [1.807, 2.05) is 13.8 Å². The number of nitrogens with one attached hydrogen (secondary N) is 1. The Morgan fingerprint density at radius 1 is 1.42 bits per heavy atom. The highest BCUT2D eigenvalue weighted by molar-refractivity contribution is 4.96. The van der Waals surface area contributed by atoms with Crippen LogP contribution in [0.4, 0.5) is 0 Å². The molecule has 0 spiro atoms. The zero-order chi connectivity index (χ0) is 13.9. The van der Waals surface area contributed by atoms with E-state index < -0.39 is 0 Å². The van der Waals surface area contributed by atoms with Crippen LogP contribution in [0.1, 0.15) is 38.5 Å². The number of nitrogens with zero attached hydrogens (tertiary/aromatic N) is 3. The monoisotopic (exact) mass is 268 g/mol. The summed E-state index contributed by atoms with van der Waals surface area (Å²) in [5, 5.41) is 7.45. The average molecular weight is 268 g/mol. The molecule has 0 amide bonds. The molecule has 1 fully saturated rings. The number of ether oxygens (including phenoxy) is 1. The van der Waals surface area contributed by atoms with Crippen molar-refractivity contribution in [2.75, 3.05) is 33.3 Å². The maximum Gasteiger partial charge on any atom is 0.229 e. The van der Waals surface area contributed by atoms with Gasteiger partial charge in [-0.3, -0.25) is 4.90 Å². The second kappa shape index (κ2) is 5.98. The number of hydrogen-bond acceptors (Lipinski definition) is 6. The minimum absolute atomic E-state index is 0.199. The molecule has 0 radical (unpaired) electrons. The summed E-state index contributed by atoms with van der Waals surface area (Å²) in [6.45, 7) is 10.2. The van der Waals surface area contributed by atoms with Crippen molar-refractivity contribution in [3.05, 3.63) is 11.7 Å². The molecule has 108 valence electrons. The SMILES string of the molecule is COC(C)(C)Cc1nc(C(C)N2CCNCC2)no1. The normalized spacial score (nSPS) is 19.6. The van der Waals surface area contributed by atoms with Gasteiger partial charge >= 0.3 is 0 Å². The lowest BCUT2D eigenvalue weighted by atomic mass is 10.1. The van der Waals surface area contributed by atoms with Crippen LogP contribution >= 0.6 is 0 Å². The Morgan fingerprint density at radius 2 is 2.11 bits per heavy atom. The quantitative estimate of drug-likeness (QED) is 0.859. The first-order valence-corrected chi connectivity index (χ1v) is 6.84. The minimum Gasteiger partial charge on any atom is -0.378 e. The molecule has 0 bridgehead atoms. The van der Waals surface area contributed by atoms with E-state index in [4.69, 9.17) is 9.26 Å². The first-order chi connectivity index (χ1) is 9.02. The van der Waals surface area contributed by atoms with E-state index in [0.29, 0.717) is 12.3 Å². The van der Waals surface area contributed by atoms with Crippen molar-refractivity contribution in [2.45, 2.75) is 38.8 Å². The van der Waals surface area contributed by atoms with E-state index in [1.54, 1.807) is 7.11 Å². The van der Waals surface area contributed by atoms with Gasteiger partial charge in [-0.05, 0) is 20.8 Å². The third-order valence-corrected chi connectivity index (χ3v) is 3.69. The highest BCUT2D eigenvalue weighted by Crippen LogP contribution is 2.20. The molecule has 1 saturated heterocycles. The lowest BCUT2D eigenvalue weighted by Gasteiger charge is -2.30. The fraction of sp³-hybridized carbons (Fsp3) is 0.846. The van der Waals surface area contributed by atoms with Crippen LogP contribution in [0.3, 0.4) is 0 Å². The third-order valence-electron chi connectivity index (χ3n) is 3.69. The maximum absolute atomic E-state index is 5.38. The molecule has 6 heteroatoms. The predicted molar refractivity (Wildman–Crippen MR) is 71.9 cm³/mol. The summed E-state index contributed by atoms with van der Waals surface area (Å²) in [5.74, 6) is 1.41. The Labute approximate surface area is 114 Å². The minimum atomic E-state index is -0.276. The van der Waals surface area contributed by atoms with Crippen LogP contribution in [0.25, 0.3) is 0 Å². The van der Waals surface area contributed by atoms with E-state index in [9.17, 15) is 0 Å². The lowest BCUT2D eigenvalue weighted by Crippen LogP contribution is -2.44. The lowest BCUT2D eigenvalue weighted by molar-refractivity contribution is 0.0170. The van der Waals surface area contributed by atoms with Gasteiger partial charge in [-0.2, -0.15) is 4.98 Å². The summed E-state index contributed by atoms with van der Waals surface area (Å²) in [6, 6.07) is 0.199. The van der Waals surface area contributed by atoms with Gasteiger partial charge in [0.15, 0.2) is 5.82 Å². The Balaban J connectivity index is 1.99. The zero-order valence-electron chi connectivity index (χ0n) is 12.3. The maximum atomic E-state index is 5.38. The van der Waals surface area contributed by atoms with Crippen LogP contribution in [-0.4, -0.2) is 53.9 Å². The van der Waals surface area contributed by atoms with Gasteiger partial charge in [0.2, 0.25) is 5.89 Å². The molecule has 0 saturated carbocycles. The van der Waals surface area contributed by atoms with Crippen LogP contribution < -0.4 is 5.32 Å². The third kappa shape index (κ3) is 3.75. The standard InChI is InChI=1S/C13H24N4O2/c1-10(17-7-5-14-6-8-17)12-15-11(19-16-12)9-13(2,3)18-4/h10,14H,5-9H2,1-4H3. The summed E-state index contributed by atoms with van der Waals surface area (Å²) >= 11 is 0. The molecular formula is C13H24N4O2. The van der Waals surface area contributed by atoms with E-state index in [1.165, 1.54) is 0 Å². The topological polar surface area (TPSA) is 63.4 Å². The van der Waals surface area contributed by atoms with Crippen LogP contribution in [0.2, 0.25) is 0 Å². The number of piperazine rings is 1. The molecule has 0 aromatic carbocycles. The Morgan fingerprint density at radius 3 is 2.74 bits per heavy atom. The number of aromatic nitrogens is 2. The van der Waals surface area contributed by atoms with Gasteiger partial charge < -0.3 is 14.6 Å². The molecule has 19 heavy (non-hydrogen) atoms. The first-order valence-electron chi connectivity index (χ1n) is 6.84. The predicted octanol–water partition coefficient (Wildman–Crippen LogP) is 1.00. The van der Waals surface area contributed by atoms with Gasteiger partial charge in [0.25, 0.3) is 0 Å². The summed E-state index contributed by atoms with van der Waals surface area (Å²) < 4.78 is 10.7. The van der Waals surface area contributed by atoms with Gasteiger partial charge in [0, 0.05) is 33.3 Å². The molecule has 6 nitrogen and oxygen atoms in total. The highest BCUT2D eigenvalue weighted by atomic mass is 16.5. The molecule has 2 rings (SSSR count). The van der Waals surface area contributed by atoms with Crippen LogP contribution in [-0.2, 0) is 11.2 Å². The fourth-order valence-electron chi connectivity index (χ4n) is 2.18. The smallest absolute Gasteiger partial charge is 0.229 e. The van der Waals surface area contributed by atoms with Crippen molar-refractivity contribution in [2.24, 2.45) is 0 Å². The second-order valence-electron chi connectivity index (χ2n) is 5.65. The molecule has 1 aliphatic heterocycles. The summed E-state index contributed by atoms with van der Waals surface area (Å²) in [4.78, 5) is 6.87. The Kier molecular flexibility index (Phi) is 4.54. The van der Waals surface area contributed by atoms with Crippen molar-refractivity contribution in [1.82, 2.24) is 20.4 Å². The van der Waals surface area contributed by atoms with Crippen molar-refractivity contribution in [3.8, 4) is 0 Å². The molecule has 1 N–H and O–H groups in total. The van der Waals surface area contributed by atoms with Crippen molar-refractivity contribution in [1.29, 1.82) is 0 Å². The summed E-state index contributed by atoms with van der Waals surface area (Å²) in [5.41, 5.74) is -0.276. The number of rotatable bonds is 5. The van der Waals surface area contributed by atoms with Crippen LogP contribution in [0, 0.1) is 0 Å². The molecule has 2 heterocycles. The van der Waals surface area contributed by atoms with E-state index >= 15 is 0 Å². The highest BCUT2D eigenvalue weighted by Gasteiger charge is 2.25. The second-order valence-corrected chi connectivity index (χ2v) is 5.65. The van der Waals surface area contributed by atoms with E-state index in [2.05, 4.69) is 27.3 Å². The van der Waals surface area contributed by atoms with Crippen molar-refractivity contribution >= 4 is 0 Å². The summed E-state index contributed by atoms with van der Waals surface area (Å²) in [7, 11) is 1.70. The number of methoxy groups -OCH3 is 1. The molecule has 0 aliphatic carbocycles. The van der Waals surface area contributed by atoms with E-state index in [-0.39, 0.29) is 11.6 Å². The Bertz CT molecular complexity index is 399.